The molecule has 1 saturated heterocycles. The summed E-state index contributed by atoms with van der Waals surface area (Å²) in [6, 6.07) is 9.65. The van der Waals surface area contributed by atoms with Gasteiger partial charge in [-0.05, 0) is 35.9 Å². The fourth-order valence-corrected chi connectivity index (χ4v) is 2.79. The van der Waals surface area contributed by atoms with Gasteiger partial charge in [-0.1, -0.05) is 29.3 Å². The quantitative estimate of drug-likeness (QED) is 0.804. The zero-order valence-electron chi connectivity index (χ0n) is 12.7. The summed E-state index contributed by atoms with van der Waals surface area (Å²) in [7, 11) is 0. The van der Waals surface area contributed by atoms with Gasteiger partial charge in [-0.25, -0.2) is 4.39 Å². The van der Waals surface area contributed by atoms with Crippen molar-refractivity contribution in [2.24, 2.45) is 0 Å². The van der Waals surface area contributed by atoms with Crippen molar-refractivity contribution >= 4 is 35.6 Å². The molecule has 24 heavy (non-hydrogen) atoms. The monoisotopic (exact) mass is 391 g/mol. The SMILES string of the molecule is Cl.Fc1cc(Cl)ccc1Oc1cc(Cl)ccc1C[C@H]1CNCCO1. The fourth-order valence-electron chi connectivity index (χ4n) is 2.46. The number of nitrogens with one attached hydrogen (secondary N) is 1. The molecule has 0 aliphatic carbocycles. The lowest BCUT2D eigenvalue weighted by molar-refractivity contribution is 0.0289. The van der Waals surface area contributed by atoms with Crippen LogP contribution in [-0.2, 0) is 11.2 Å². The zero-order valence-corrected chi connectivity index (χ0v) is 15.1. The summed E-state index contributed by atoms with van der Waals surface area (Å²) < 4.78 is 25.4. The highest BCUT2D eigenvalue weighted by Gasteiger charge is 2.17. The molecule has 3 nitrogen and oxygen atoms in total. The first kappa shape index (κ1) is 19.3. The Hall–Kier alpha value is -1.04. The molecule has 0 aromatic heterocycles. The van der Waals surface area contributed by atoms with Crippen LogP contribution in [0.5, 0.6) is 11.5 Å². The lowest BCUT2D eigenvalue weighted by atomic mass is 10.1. The summed E-state index contributed by atoms with van der Waals surface area (Å²) in [5, 5.41) is 4.14. The van der Waals surface area contributed by atoms with Gasteiger partial charge in [0.1, 0.15) is 5.75 Å². The zero-order chi connectivity index (χ0) is 16.2. The van der Waals surface area contributed by atoms with Crippen LogP contribution in [0, 0.1) is 5.82 Å². The number of morpholine rings is 1. The molecule has 7 heteroatoms. The lowest BCUT2D eigenvalue weighted by Gasteiger charge is -2.24. The lowest BCUT2D eigenvalue weighted by Crippen LogP contribution is -2.39. The Balaban J connectivity index is 0.00000208. The van der Waals surface area contributed by atoms with Gasteiger partial charge in [0.05, 0.1) is 12.7 Å². The largest absolute Gasteiger partial charge is 0.454 e. The average molecular weight is 393 g/mol. The summed E-state index contributed by atoms with van der Waals surface area (Å²) in [6.07, 6.45) is 0.719. The third kappa shape index (κ3) is 4.98. The Bertz CT molecular complexity index is 694. The van der Waals surface area contributed by atoms with Crippen LogP contribution in [0.1, 0.15) is 5.56 Å². The maximum atomic E-state index is 13.9. The van der Waals surface area contributed by atoms with Gasteiger partial charge in [0.25, 0.3) is 0 Å². The number of hydrogen-bond acceptors (Lipinski definition) is 3. The minimum Gasteiger partial charge on any atom is -0.454 e. The van der Waals surface area contributed by atoms with Gasteiger partial charge in [0.2, 0.25) is 0 Å². The van der Waals surface area contributed by atoms with E-state index in [-0.39, 0.29) is 24.3 Å². The van der Waals surface area contributed by atoms with Gasteiger partial charge in [-0.3, -0.25) is 0 Å². The summed E-state index contributed by atoms with van der Waals surface area (Å²) in [4.78, 5) is 0. The minimum atomic E-state index is -0.515. The van der Waals surface area contributed by atoms with Crippen molar-refractivity contribution in [3.05, 3.63) is 57.8 Å². The molecule has 1 aliphatic heterocycles. The van der Waals surface area contributed by atoms with Gasteiger partial charge in [0.15, 0.2) is 11.6 Å². The van der Waals surface area contributed by atoms with Crippen molar-refractivity contribution < 1.29 is 13.9 Å². The number of rotatable bonds is 4. The molecule has 3 rings (SSSR count). The fraction of sp³-hybridized carbons (Fsp3) is 0.294. The van der Waals surface area contributed by atoms with E-state index >= 15 is 0 Å². The number of hydrogen-bond donors (Lipinski definition) is 1. The first-order chi connectivity index (χ1) is 11.1. The van der Waals surface area contributed by atoms with Crippen LogP contribution in [0.4, 0.5) is 4.39 Å². The predicted octanol–water partition coefficient (Wildman–Crippen LogP) is 4.88. The predicted molar refractivity (Wildman–Crippen MR) is 96.5 cm³/mol. The topological polar surface area (TPSA) is 30.5 Å². The molecule has 1 fully saturated rings. The highest BCUT2D eigenvalue weighted by molar-refractivity contribution is 6.31. The Labute approximate surface area is 156 Å². The van der Waals surface area contributed by atoms with Gasteiger partial charge in [-0.2, -0.15) is 0 Å². The highest BCUT2D eigenvalue weighted by atomic mass is 35.5. The molecule has 0 unspecified atom stereocenters. The highest BCUT2D eigenvalue weighted by Crippen LogP contribution is 2.32. The molecule has 2 aromatic rings. The Morgan fingerprint density at radius 2 is 1.88 bits per heavy atom. The van der Waals surface area contributed by atoms with Crippen molar-refractivity contribution in [1.82, 2.24) is 5.32 Å². The molecule has 130 valence electrons. The number of ether oxygens (including phenoxy) is 2. The Morgan fingerprint density at radius 3 is 2.58 bits per heavy atom. The molecule has 1 aliphatic rings. The first-order valence-electron chi connectivity index (χ1n) is 7.35. The minimum absolute atomic E-state index is 0. The van der Waals surface area contributed by atoms with E-state index in [1.54, 1.807) is 18.2 Å². The Morgan fingerprint density at radius 1 is 1.12 bits per heavy atom. The van der Waals surface area contributed by atoms with Crippen LogP contribution in [0.2, 0.25) is 10.0 Å². The van der Waals surface area contributed by atoms with E-state index in [1.165, 1.54) is 12.1 Å². The van der Waals surface area contributed by atoms with Crippen LogP contribution in [0.15, 0.2) is 36.4 Å². The molecule has 0 saturated carbocycles. The van der Waals surface area contributed by atoms with Crippen molar-refractivity contribution in [1.29, 1.82) is 0 Å². The van der Waals surface area contributed by atoms with Crippen LogP contribution in [-0.4, -0.2) is 25.8 Å². The van der Waals surface area contributed by atoms with Crippen LogP contribution in [0.25, 0.3) is 0 Å². The molecule has 0 spiro atoms. The van der Waals surface area contributed by atoms with E-state index in [1.807, 2.05) is 6.07 Å². The molecular formula is C17H17Cl3FNO2. The van der Waals surface area contributed by atoms with Crippen LogP contribution >= 0.6 is 35.6 Å². The van der Waals surface area contributed by atoms with E-state index in [0.717, 1.165) is 18.7 Å². The van der Waals surface area contributed by atoms with E-state index in [2.05, 4.69) is 5.32 Å². The van der Waals surface area contributed by atoms with E-state index < -0.39 is 5.82 Å². The Kier molecular flexibility index (Phi) is 7.14. The molecule has 0 bridgehead atoms. The summed E-state index contributed by atoms with van der Waals surface area (Å²) in [5.74, 6) is 0.118. The third-order valence-electron chi connectivity index (χ3n) is 3.60. The second kappa shape index (κ2) is 8.88. The molecule has 2 aromatic carbocycles. The normalized spacial score (nSPS) is 17.2. The van der Waals surface area contributed by atoms with Crippen LogP contribution in [0.3, 0.4) is 0 Å². The van der Waals surface area contributed by atoms with Crippen LogP contribution < -0.4 is 10.1 Å². The van der Waals surface area contributed by atoms with Crippen molar-refractivity contribution in [2.45, 2.75) is 12.5 Å². The second-order valence-electron chi connectivity index (χ2n) is 5.33. The summed E-state index contributed by atoms with van der Waals surface area (Å²) in [6.45, 7) is 2.31. The van der Waals surface area contributed by atoms with E-state index in [9.17, 15) is 4.39 Å². The molecular weight excluding hydrogens is 376 g/mol. The van der Waals surface area contributed by atoms with Crippen molar-refractivity contribution in [3.63, 3.8) is 0 Å². The van der Waals surface area contributed by atoms with Crippen molar-refractivity contribution in [3.8, 4) is 11.5 Å². The van der Waals surface area contributed by atoms with Gasteiger partial charge in [0, 0.05) is 29.6 Å². The molecule has 1 N–H and O–H groups in total. The maximum absolute atomic E-state index is 13.9. The van der Waals surface area contributed by atoms with E-state index in [0.29, 0.717) is 28.8 Å². The maximum Gasteiger partial charge on any atom is 0.167 e. The first-order valence-corrected chi connectivity index (χ1v) is 8.11. The summed E-state index contributed by atoms with van der Waals surface area (Å²) in [5.41, 5.74) is 0.914. The van der Waals surface area contributed by atoms with Gasteiger partial charge < -0.3 is 14.8 Å². The van der Waals surface area contributed by atoms with Crippen molar-refractivity contribution in [2.75, 3.05) is 19.7 Å². The standard InChI is InChI=1S/C17H16Cl2FNO2.ClH/c18-12-3-4-16(15(20)8-12)23-17-9-13(19)2-1-11(17)7-14-10-21-5-6-22-14;/h1-4,8-9,14,21H,5-7,10H2;1H/t14-;/m0./s1. The third-order valence-corrected chi connectivity index (χ3v) is 4.07. The average Bonchev–Trinajstić information content (AvgIpc) is 2.54. The second-order valence-corrected chi connectivity index (χ2v) is 6.20. The smallest absolute Gasteiger partial charge is 0.167 e. The number of halogens is 4. The molecule has 0 amide bonds. The molecule has 1 heterocycles. The van der Waals surface area contributed by atoms with Gasteiger partial charge in [-0.15, -0.1) is 12.4 Å². The molecule has 0 radical (unpaired) electrons. The van der Waals surface area contributed by atoms with E-state index in [4.69, 9.17) is 32.7 Å². The summed E-state index contributed by atoms with van der Waals surface area (Å²) >= 11 is 11.8. The molecule has 1 atom stereocenters. The van der Waals surface area contributed by atoms with Gasteiger partial charge >= 0.3 is 0 Å². The number of benzene rings is 2.